The molecular formula is C28H30O3. The zero-order chi connectivity index (χ0) is 22.2. The first-order valence-electron chi connectivity index (χ1n) is 10.9. The van der Waals surface area contributed by atoms with E-state index in [2.05, 4.69) is 45.9 Å². The van der Waals surface area contributed by atoms with Gasteiger partial charge in [-0.3, -0.25) is 0 Å². The first-order valence-corrected chi connectivity index (χ1v) is 10.9. The highest BCUT2D eigenvalue weighted by Gasteiger charge is 2.36. The van der Waals surface area contributed by atoms with Gasteiger partial charge in [0, 0.05) is 5.56 Å². The SMILES string of the molecule is CC1(C)CCC(C)(C)c2cc(COc3ccccc3-c3ccccc3C(=O)O)ccc21. The fourth-order valence-electron chi connectivity index (χ4n) is 4.61. The van der Waals surface area contributed by atoms with Crippen molar-refractivity contribution < 1.29 is 14.6 Å². The Balaban J connectivity index is 1.65. The van der Waals surface area contributed by atoms with Crippen LogP contribution in [-0.4, -0.2) is 11.1 Å². The molecule has 0 fully saturated rings. The molecule has 31 heavy (non-hydrogen) atoms. The fourth-order valence-corrected chi connectivity index (χ4v) is 4.61. The molecule has 0 atom stereocenters. The van der Waals surface area contributed by atoms with Gasteiger partial charge in [0.15, 0.2) is 0 Å². The highest BCUT2D eigenvalue weighted by molar-refractivity contribution is 5.96. The Kier molecular flexibility index (Phi) is 5.38. The van der Waals surface area contributed by atoms with Gasteiger partial charge in [0.1, 0.15) is 12.4 Å². The van der Waals surface area contributed by atoms with Crippen molar-refractivity contribution in [1.29, 1.82) is 0 Å². The molecule has 0 saturated carbocycles. The third-order valence-electron chi connectivity index (χ3n) is 6.65. The van der Waals surface area contributed by atoms with Crippen LogP contribution in [0.1, 0.15) is 67.6 Å². The Morgan fingerprint density at radius 2 is 1.45 bits per heavy atom. The number of hydrogen-bond donors (Lipinski definition) is 1. The number of aromatic carboxylic acids is 1. The lowest BCUT2D eigenvalue weighted by Gasteiger charge is -2.42. The van der Waals surface area contributed by atoms with Crippen LogP contribution in [0.3, 0.4) is 0 Å². The van der Waals surface area contributed by atoms with Crippen LogP contribution in [0, 0.1) is 0 Å². The highest BCUT2D eigenvalue weighted by Crippen LogP contribution is 2.46. The summed E-state index contributed by atoms with van der Waals surface area (Å²) < 4.78 is 6.23. The number of fused-ring (bicyclic) bond motifs is 1. The fraction of sp³-hybridized carbons (Fsp3) is 0.321. The summed E-state index contributed by atoms with van der Waals surface area (Å²) in [6, 6.07) is 21.4. The molecular weight excluding hydrogens is 384 g/mol. The number of ether oxygens (including phenoxy) is 1. The maximum Gasteiger partial charge on any atom is 0.336 e. The van der Waals surface area contributed by atoms with Gasteiger partial charge in [0.25, 0.3) is 0 Å². The van der Waals surface area contributed by atoms with E-state index >= 15 is 0 Å². The van der Waals surface area contributed by atoms with E-state index < -0.39 is 5.97 Å². The van der Waals surface area contributed by atoms with Gasteiger partial charge in [-0.15, -0.1) is 0 Å². The first-order chi connectivity index (χ1) is 14.7. The van der Waals surface area contributed by atoms with Gasteiger partial charge in [0.2, 0.25) is 0 Å². The smallest absolute Gasteiger partial charge is 0.336 e. The lowest BCUT2D eigenvalue weighted by atomic mass is 9.63. The van der Waals surface area contributed by atoms with Gasteiger partial charge in [-0.1, -0.05) is 82.3 Å². The number of hydrogen-bond acceptors (Lipinski definition) is 2. The number of carbonyl (C=O) groups is 1. The third kappa shape index (κ3) is 4.10. The van der Waals surface area contributed by atoms with E-state index in [1.54, 1.807) is 12.1 Å². The average molecular weight is 415 g/mol. The minimum Gasteiger partial charge on any atom is -0.488 e. The van der Waals surface area contributed by atoms with Crippen LogP contribution in [0.2, 0.25) is 0 Å². The molecule has 0 radical (unpaired) electrons. The zero-order valence-corrected chi connectivity index (χ0v) is 18.7. The quantitative estimate of drug-likeness (QED) is 0.490. The molecule has 160 valence electrons. The summed E-state index contributed by atoms with van der Waals surface area (Å²) in [7, 11) is 0. The summed E-state index contributed by atoms with van der Waals surface area (Å²) in [6.07, 6.45) is 2.37. The summed E-state index contributed by atoms with van der Waals surface area (Å²) in [5, 5.41) is 9.59. The van der Waals surface area contributed by atoms with Gasteiger partial charge in [-0.2, -0.15) is 0 Å². The number of rotatable bonds is 5. The number of benzene rings is 3. The number of para-hydroxylation sites is 1. The summed E-state index contributed by atoms with van der Waals surface area (Å²) in [4.78, 5) is 11.7. The second-order valence-electron chi connectivity index (χ2n) is 9.78. The van der Waals surface area contributed by atoms with E-state index in [4.69, 9.17) is 4.74 Å². The molecule has 0 spiro atoms. The largest absolute Gasteiger partial charge is 0.488 e. The van der Waals surface area contributed by atoms with E-state index in [0.29, 0.717) is 17.9 Å². The topological polar surface area (TPSA) is 46.5 Å². The van der Waals surface area contributed by atoms with Crippen molar-refractivity contribution in [2.75, 3.05) is 0 Å². The maximum absolute atomic E-state index is 11.7. The molecule has 1 aliphatic carbocycles. The number of carboxylic acids is 1. The van der Waals surface area contributed by atoms with E-state index in [-0.39, 0.29) is 16.4 Å². The summed E-state index contributed by atoms with van der Waals surface area (Å²) in [5.41, 5.74) is 6.05. The molecule has 3 heteroatoms. The van der Waals surface area contributed by atoms with Gasteiger partial charge in [-0.05, 0) is 58.1 Å². The molecule has 3 aromatic carbocycles. The summed E-state index contributed by atoms with van der Waals surface area (Å²) >= 11 is 0. The minimum atomic E-state index is -0.940. The van der Waals surface area contributed by atoms with Gasteiger partial charge in [0.05, 0.1) is 5.56 Å². The van der Waals surface area contributed by atoms with Gasteiger partial charge in [-0.25, -0.2) is 4.79 Å². The summed E-state index contributed by atoms with van der Waals surface area (Å²) in [5.74, 6) is -0.251. The molecule has 3 aromatic rings. The Morgan fingerprint density at radius 1 is 0.839 bits per heavy atom. The predicted molar refractivity (Wildman–Crippen MR) is 125 cm³/mol. The molecule has 0 amide bonds. The van der Waals surface area contributed by atoms with Gasteiger partial charge < -0.3 is 9.84 Å². The van der Waals surface area contributed by atoms with Gasteiger partial charge >= 0.3 is 5.97 Å². The minimum absolute atomic E-state index is 0.152. The molecule has 3 nitrogen and oxygen atoms in total. The second-order valence-corrected chi connectivity index (χ2v) is 9.78. The molecule has 1 N–H and O–H groups in total. The van der Waals surface area contributed by atoms with E-state index in [1.165, 1.54) is 24.0 Å². The van der Waals surface area contributed by atoms with Crippen LogP contribution in [0.4, 0.5) is 0 Å². The van der Waals surface area contributed by atoms with Crippen LogP contribution >= 0.6 is 0 Å². The predicted octanol–water partition coefficient (Wildman–Crippen LogP) is 6.98. The van der Waals surface area contributed by atoms with Crippen LogP contribution in [0.15, 0.2) is 66.7 Å². The number of carboxylic acid groups (broad SMARTS) is 1. The second kappa shape index (κ2) is 7.88. The first kappa shape index (κ1) is 21.2. The molecule has 0 aliphatic heterocycles. The standard InChI is InChI=1S/C28H30O3/c1-27(2)15-16-28(3,4)24-17-19(13-14-23(24)27)18-31-25-12-8-7-10-21(25)20-9-5-6-11-22(20)26(29)30/h5-14,17H,15-16,18H2,1-4H3,(H,29,30). The molecule has 0 bridgehead atoms. The van der Waals surface area contributed by atoms with Crippen LogP contribution in [-0.2, 0) is 17.4 Å². The van der Waals surface area contributed by atoms with E-state index in [1.807, 2.05) is 36.4 Å². The monoisotopic (exact) mass is 414 g/mol. The highest BCUT2D eigenvalue weighted by atomic mass is 16.5. The Hall–Kier alpha value is -3.07. The zero-order valence-electron chi connectivity index (χ0n) is 18.7. The lowest BCUT2D eigenvalue weighted by Crippen LogP contribution is -2.33. The average Bonchev–Trinajstić information content (AvgIpc) is 2.76. The Bertz CT molecular complexity index is 1120. The molecule has 4 rings (SSSR count). The maximum atomic E-state index is 11.7. The molecule has 0 saturated heterocycles. The molecule has 0 aromatic heterocycles. The van der Waals surface area contributed by atoms with E-state index in [0.717, 1.165) is 11.1 Å². The van der Waals surface area contributed by atoms with Crippen molar-refractivity contribution in [3.63, 3.8) is 0 Å². The third-order valence-corrected chi connectivity index (χ3v) is 6.65. The molecule has 1 aliphatic rings. The van der Waals surface area contributed by atoms with Crippen molar-refractivity contribution in [3.8, 4) is 16.9 Å². The van der Waals surface area contributed by atoms with E-state index in [9.17, 15) is 9.90 Å². The van der Waals surface area contributed by atoms with Crippen LogP contribution in [0.25, 0.3) is 11.1 Å². The van der Waals surface area contributed by atoms with Crippen molar-refractivity contribution in [2.45, 2.75) is 58.0 Å². The van der Waals surface area contributed by atoms with Crippen molar-refractivity contribution in [2.24, 2.45) is 0 Å². The Morgan fingerprint density at radius 3 is 2.16 bits per heavy atom. The lowest BCUT2D eigenvalue weighted by molar-refractivity contribution is 0.0697. The van der Waals surface area contributed by atoms with Crippen LogP contribution < -0.4 is 4.74 Å². The normalized spacial score (nSPS) is 16.4. The Labute approximate surface area is 184 Å². The molecule has 0 heterocycles. The summed E-state index contributed by atoms with van der Waals surface area (Å²) in [6.45, 7) is 9.74. The van der Waals surface area contributed by atoms with Crippen molar-refractivity contribution in [1.82, 2.24) is 0 Å². The van der Waals surface area contributed by atoms with Crippen molar-refractivity contribution in [3.05, 3.63) is 89.0 Å². The molecule has 0 unspecified atom stereocenters. The van der Waals surface area contributed by atoms with Crippen molar-refractivity contribution >= 4 is 5.97 Å². The van der Waals surface area contributed by atoms with Crippen LogP contribution in [0.5, 0.6) is 5.75 Å².